The monoisotopic (exact) mass is 495 g/mol. The number of para-hydroxylation sites is 1. The quantitative estimate of drug-likeness (QED) is 0.350. The molecule has 188 valence electrons. The van der Waals surface area contributed by atoms with E-state index >= 15 is 0 Å². The van der Waals surface area contributed by atoms with Crippen LogP contribution in [0.15, 0.2) is 66.0 Å². The van der Waals surface area contributed by atoms with E-state index in [4.69, 9.17) is 9.72 Å². The first-order valence-electron chi connectivity index (χ1n) is 12.8. The second-order valence-electron chi connectivity index (χ2n) is 9.39. The second-order valence-corrected chi connectivity index (χ2v) is 9.39. The molecule has 5 aromatic rings. The Labute approximate surface area is 214 Å². The molecule has 1 aliphatic rings. The van der Waals surface area contributed by atoms with Crippen LogP contribution in [0.3, 0.4) is 0 Å². The van der Waals surface area contributed by atoms with Crippen LogP contribution in [0, 0.1) is 6.92 Å². The fourth-order valence-corrected chi connectivity index (χ4v) is 5.10. The Kier molecular flexibility index (Phi) is 6.13. The van der Waals surface area contributed by atoms with Crippen molar-refractivity contribution in [2.24, 2.45) is 0 Å². The van der Waals surface area contributed by atoms with Gasteiger partial charge in [-0.05, 0) is 56.4 Å². The standard InChI is InChI=1S/C28H29N7O2/c1-3-20(32-25-24-27(30-16-29-25)34(17-31-24)22-14-7-8-15-37-22)26-33-21-13-9-10-18(2)23(21)28(36)35(26)19-11-5-4-6-12-19/h4-6,9-13,16-17,20,22H,3,7-8,14-15H2,1-2H3,(H,29,30,32)/t20-,22?/m0/s1. The van der Waals surface area contributed by atoms with Crippen LogP contribution in [0.25, 0.3) is 27.8 Å². The molecule has 1 aliphatic heterocycles. The van der Waals surface area contributed by atoms with E-state index in [-0.39, 0.29) is 17.8 Å². The van der Waals surface area contributed by atoms with Crippen LogP contribution in [-0.4, -0.2) is 35.7 Å². The molecule has 3 aromatic heterocycles. The summed E-state index contributed by atoms with van der Waals surface area (Å²) in [7, 11) is 0. The van der Waals surface area contributed by atoms with Gasteiger partial charge in [0.1, 0.15) is 18.4 Å². The fourth-order valence-electron chi connectivity index (χ4n) is 5.10. The molecule has 4 heterocycles. The van der Waals surface area contributed by atoms with Gasteiger partial charge in [0, 0.05) is 6.61 Å². The molecule has 0 saturated carbocycles. The summed E-state index contributed by atoms with van der Waals surface area (Å²) in [5.41, 5.74) is 3.66. The highest BCUT2D eigenvalue weighted by molar-refractivity contribution is 5.83. The van der Waals surface area contributed by atoms with Gasteiger partial charge in [0.15, 0.2) is 17.0 Å². The van der Waals surface area contributed by atoms with Gasteiger partial charge >= 0.3 is 0 Å². The molecule has 1 unspecified atom stereocenters. The molecule has 1 saturated heterocycles. The van der Waals surface area contributed by atoms with Crippen LogP contribution in [0.4, 0.5) is 5.82 Å². The van der Waals surface area contributed by atoms with Gasteiger partial charge in [-0.25, -0.2) is 19.9 Å². The minimum atomic E-state index is -0.299. The maximum atomic E-state index is 13.9. The third-order valence-corrected chi connectivity index (χ3v) is 7.00. The van der Waals surface area contributed by atoms with Crippen molar-refractivity contribution >= 4 is 27.9 Å². The van der Waals surface area contributed by atoms with Gasteiger partial charge < -0.3 is 10.1 Å². The summed E-state index contributed by atoms with van der Waals surface area (Å²) in [5, 5.41) is 4.16. The number of rotatable bonds is 6. The van der Waals surface area contributed by atoms with E-state index in [0.29, 0.717) is 34.5 Å². The number of nitrogens with one attached hydrogen (secondary N) is 1. The molecule has 0 amide bonds. The summed E-state index contributed by atoms with van der Waals surface area (Å²) in [6, 6.07) is 15.1. The lowest BCUT2D eigenvalue weighted by Gasteiger charge is -2.24. The SMILES string of the molecule is CC[C@H](Nc1ncnc2c1ncn2C1CCCCO1)c1nc2cccc(C)c2c(=O)n1-c1ccccc1. The summed E-state index contributed by atoms with van der Waals surface area (Å²) in [6.07, 6.45) is 7.04. The molecule has 0 aliphatic carbocycles. The first kappa shape index (κ1) is 23.3. The molecule has 1 N–H and O–H groups in total. The maximum absolute atomic E-state index is 13.9. The zero-order chi connectivity index (χ0) is 25.4. The van der Waals surface area contributed by atoms with Gasteiger partial charge in [0.2, 0.25) is 0 Å². The Bertz CT molecular complexity index is 1620. The van der Waals surface area contributed by atoms with E-state index in [9.17, 15) is 4.79 Å². The van der Waals surface area contributed by atoms with Crippen LogP contribution >= 0.6 is 0 Å². The van der Waals surface area contributed by atoms with Crippen molar-refractivity contribution in [3.63, 3.8) is 0 Å². The zero-order valence-electron chi connectivity index (χ0n) is 21.0. The Balaban J connectivity index is 1.47. The molecule has 2 atom stereocenters. The number of fused-ring (bicyclic) bond motifs is 2. The van der Waals surface area contributed by atoms with Crippen LogP contribution in [0.1, 0.15) is 56.3 Å². The predicted molar refractivity (Wildman–Crippen MR) is 143 cm³/mol. The Morgan fingerprint density at radius 1 is 1.08 bits per heavy atom. The van der Waals surface area contributed by atoms with Crippen molar-refractivity contribution in [2.45, 2.75) is 51.8 Å². The van der Waals surface area contributed by atoms with Gasteiger partial charge in [-0.1, -0.05) is 37.3 Å². The number of hydrogen-bond donors (Lipinski definition) is 1. The molecule has 0 spiro atoms. The van der Waals surface area contributed by atoms with E-state index < -0.39 is 0 Å². The number of ether oxygens (including phenoxy) is 1. The van der Waals surface area contributed by atoms with E-state index in [2.05, 4.69) is 27.2 Å². The fraction of sp³-hybridized carbons (Fsp3) is 0.321. The van der Waals surface area contributed by atoms with Gasteiger partial charge in [0.05, 0.1) is 29.0 Å². The molecule has 2 aromatic carbocycles. The summed E-state index contributed by atoms with van der Waals surface area (Å²) in [4.78, 5) is 32.6. The summed E-state index contributed by atoms with van der Waals surface area (Å²) in [6.45, 7) is 4.75. The van der Waals surface area contributed by atoms with Crippen molar-refractivity contribution in [3.8, 4) is 5.69 Å². The van der Waals surface area contributed by atoms with Crippen molar-refractivity contribution in [1.82, 2.24) is 29.1 Å². The van der Waals surface area contributed by atoms with E-state index in [1.54, 1.807) is 17.2 Å². The molecule has 9 nitrogen and oxygen atoms in total. The Hall–Kier alpha value is -4.11. The maximum Gasteiger partial charge on any atom is 0.266 e. The van der Waals surface area contributed by atoms with Gasteiger partial charge in [-0.15, -0.1) is 0 Å². The lowest BCUT2D eigenvalue weighted by Crippen LogP contribution is -2.28. The summed E-state index contributed by atoms with van der Waals surface area (Å²) < 4.78 is 9.66. The number of anilines is 1. The van der Waals surface area contributed by atoms with Crippen LogP contribution in [0.5, 0.6) is 0 Å². The van der Waals surface area contributed by atoms with Gasteiger partial charge in [0.25, 0.3) is 5.56 Å². The molecule has 0 radical (unpaired) electrons. The lowest BCUT2D eigenvalue weighted by atomic mass is 10.1. The Morgan fingerprint density at radius 2 is 1.95 bits per heavy atom. The average molecular weight is 496 g/mol. The van der Waals surface area contributed by atoms with Crippen LogP contribution in [-0.2, 0) is 4.74 Å². The molecular formula is C28H29N7O2. The topological polar surface area (TPSA) is 99.8 Å². The summed E-state index contributed by atoms with van der Waals surface area (Å²) >= 11 is 0. The van der Waals surface area contributed by atoms with Gasteiger partial charge in [-0.3, -0.25) is 13.9 Å². The van der Waals surface area contributed by atoms with Crippen LogP contribution in [0.2, 0.25) is 0 Å². The highest BCUT2D eigenvalue weighted by Gasteiger charge is 2.24. The molecule has 6 rings (SSSR count). The average Bonchev–Trinajstić information content (AvgIpc) is 3.37. The largest absolute Gasteiger partial charge is 0.358 e. The number of benzene rings is 2. The van der Waals surface area contributed by atoms with E-state index in [0.717, 1.165) is 42.8 Å². The first-order chi connectivity index (χ1) is 18.2. The van der Waals surface area contributed by atoms with Crippen molar-refractivity contribution in [2.75, 3.05) is 11.9 Å². The highest BCUT2D eigenvalue weighted by atomic mass is 16.5. The molecule has 0 bridgehead atoms. The normalized spacial score (nSPS) is 16.8. The molecule has 37 heavy (non-hydrogen) atoms. The number of aryl methyl sites for hydroxylation is 1. The molecule has 9 heteroatoms. The minimum absolute atomic E-state index is 0.0721. The minimum Gasteiger partial charge on any atom is -0.358 e. The molecular weight excluding hydrogens is 466 g/mol. The first-order valence-corrected chi connectivity index (χ1v) is 12.8. The Morgan fingerprint density at radius 3 is 2.73 bits per heavy atom. The predicted octanol–water partition coefficient (Wildman–Crippen LogP) is 5.10. The number of imidazole rings is 1. The highest BCUT2D eigenvalue weighted by Crippen LogP contribution is 2.30. The number of nitrogens with zero attached hydrogens (tertiary/aromatic N) is 6. The number of hydrogen-bond acceptors (Lipinski definition) is 7. The molecule has 1 fully saturated rings. The second kappa shape index (κ2) is 9.74. The third-order valence-electron chi connectivity index (χ3n) is 7.00. The van der Waals surface area contributed by atoms with E-state index in [1.807, 2.05) is 60.0 Å². The van der Waals surface area contributed by atoms with Gasteiger partial charge in [-0.2, -0.15) is 0 Å². The smallest absolute Gasteiger partial charge is 0.266 e. The third kappa shape index (κ3) is 4.15. The zero-order valence-corrected chi connectivity index (χ0v) is 21.0. The van der Waals surface area contributed by atoms with Crippen molar-refractivity contribution in [3.05, 3.63) is 82.9 Å². The van der Waals surface area contributed by atoms with Crippen LogP contribution < -0.4 is 10.9 Å². The lowest BCUT2D eigenvalue weighted by molar-refractivity contribution is -0.0298. The summed E-state index contributed by atoms with van der Waals surface area (Å²) in [5.74, 6) is 1.23. The van der Waals surface area contributed by atoms with E-state index in [1.165, 1.54) is 0 Å². The van der Waals surface area contributed by atoms with Crippen molar-refractivity contribution < 1.29 is 4.74 Å². The van der Waals surface area contributed by atoms with Crippen molar-refractivity contribution in [1.29, 1.82) is 0 Å². The number of aromatic nitrogens is 6.